The van der Waals surface area contributed by atoms with Crippen molar-refractivity contribution in [1.29, 1.82) is 0 Å². The van der Waals surface area contributed by atoms with Gasteiger partial charge >= 0.3 is 0 Å². The molecule has 3 atom stereocenters. The van der Waals surface area contributed by atoms with Gasteiger partial charge in [-0.2, -0.15) is 0 Å². The lowest BCUT2D eigenvalue weighted by Gasteiger charge is -2.22. The Bertz CT molecular complexity index is 440. The first-order chi connectivity index (χ1) is 9.55. The number of likely N-dealkylation sites (N-methyl/N-ethyl adjacent to an activating group) is 1. The normalized spacial score (nSPS) is 24.6. The molecule has 1 aromatic carbocycles. The molecule has 1 aliphatic heterocycles. The van der Waals surface area contributed by atoms with Gasteiger partial charge < -0.3 is 19.7 Å². The van der Waals surface area contributed by atoms with Crippen molar-refractivity contribution in [2.45, 2.75) is 38.4 Å². The van der Waals surface area contributed by atoms with Crippen molar-refractivity contribution >= 4 is 0 Å². The quantitative estimate of drug-likeness (QED) is 0.897. The van der Waals surface area contributed by atoms with E-state index in [1.807, 2.05) is 12.1 Å². The van der Waals surface area contributed by atoms with E-state index in [9.17, 15) is 0 Å². The van der Waals surface area contributed by atoms with E-state index in [1.165, 1.54) is 6.42 Å². The molecule has 4 nitrogen and oxygen atoms in total. The number of hydrogen-bond donors (Lipinski definition) is 1. The van der Waals surface area contributed by atoms with Gasteiger partial charge in [-0.1, -0.05) is 0 Å². The summed E-state index contributed by atoms with van der Waals surface area (Å²) in [6.45, 7) is 5.55. The van der Waals surface area contributed by atoms with Crippen LogP contribution in [0.25, 0.3) is 0 Å². The molecular weight excluding hydrogens is 252 g/mol. The molecule has 112 valence electrons. The van der Waals surface area contributed by atoms with Crippen molar-refractivity contribution in [3.63, 3.8) is 0 Å². The third-order valence-electron chi connectivity index (χ3n) is 4.28. The SMILES string of the molecule is COc1ccc(OC)c(C(C)NC2CC(C)N(C)C2)c1. The molecule has 1 saturated heterocycles. The molecule has 1 aromatic rings. The van der Waals surface area contributed by atoms with Crippen LogP contribution in [0.4, 0.5) is 0 Å². The van der Waals surface area contributed by atoms with Crippen molar-refractivity contribution < 1.29 is 9.47 Å². The van der Waals surface area contributed by atoms with Gasteiger partial charge in [-0.15, -0.1) is 0 Å². The molecule has 1 N–H and O–H groups in total. The van der Waals surface area contributed by atoms with Crippen LogP contribution in [0.15, 0.2) is 18.2 Å². The highest BCUT2D eigenvalue weighted by atomic mass is 16.5. The molecule has 1 fully saturated rings. The largest absolute Gasteiger partial charge is 0.497 e. The molecule has 0 saturated carbocycles. The van der Waals surface area contributed by atoms with Crippen LogP contribution in [0, 0.1) is 0 Å². The predicted octanol–water partition coefficient (Wildman–Crippen LogP) is 2.45. The molecule has 2 rings (SSSR count). The van der Waals surface area contributed by atoms with Crippen molar-refractivity contribution in [3.05, 3.63) is 23.8 Å². The summed E-state index contributed by atoms with van der Waals surface area (Å²) < 4.78 is 10.8. The second-order valence-electron chi connectivity index (χ2n) is 5.72. The number of ether oxygens (including phenoxy) is 2. The van der Waals surface area contributed by atoms with Crippen molar-refractivity contribution in [1.82, 2.24) is 10.2 Å². The van der Waals surface area contributed by atoms with Gasteiger partial charge in [-0.3, -0.25) is 0 Å². The minimum atomic E-state index is 0.240. The first-order valence-corrected chi connectivity index (χ1v) is 7.23. The van der Waals surface area contributed by atoms with Crippen molar-refractivity contribution in [2.24, 2.45) is 0 Å². The summed E-state index contributed by atoms with van der Waals surface area (Å²) in [6.07, 6.45) is 1.19. The molecule has 0 amide bonds. The molecule has 0 aromatic heterocycles. The zero-order valence-electron chi connectivity index (χ0n) is 13.1. The summed E-state index contributed by atoms with van der Waals surface area (Å²) in [5.41, 5.74) is 1.15. The lowest BCUT2D eigenvalue weighted by molar-refractivity contribution is 0.324. The van der Waals surface area contributed by atoms with Crippen LogP contribution in [-0.2, 0) is 0 Å². The maximum Gasteiger partial charge on any atom is 0.123 e. The molecule has 0 radical (unpaired) electrons. The third-order valence-corrected chi connectivity index (χ3v) is 4.28. The van der Waals surface area contributed by atoms with E-state index in [1.54, 1.807) is 14.2 Å². The Morgan fingerprint density at radius 2 is 2.05 bits per heavy atom. The number of hydrogen-bond acceptors (Lipinski definition) is 4. The number of benzene rings is 1. The van der Waals surface area contributed by atoms with E-state index in [2.05, 4.69) is 37.2 Å². The number of methoxy groups -OCH3 is 2. The Labute approximate surface area is 122 Å². The summed E-state index contributed by atoms with van der Waals surface area (Å²) in [5.74, 6) is 1.77. The van der Waals surface area contributed by atoms with E-state index < -0.39 is 0 Å². The van der Waals surface area contributed by atoms with Gasteiger partial charge in [-0.25, -0.2) is 0 Å². The maximum atomic E-state index is 5.47. The van der Waals surface area contributed by atoms with Crippen LogP contribution in [0.1, 0.15) is 31.9 Å². The van der Waals surface area contributed by atoms with Gasteiger partial charge in [0.05, 0.1) is 14.2 Å². The Balaban J connectivity index is 2.10. The van der Waals surface area contributed by atoms with Crippen LogP contribution < -0.4 is 14.8 Å². The zero-order valence-corrected chi connectivity index (χ0v) is 13.1. The van der Waals surface area contributed by atoms with Gasteiger partial charge in [0.25, 0.3) is 0 Å². The zero-order chi connectivity index (χ0) is 14.7. The predicted molar refractivity (Wildman–Crippen MR) is 81.6 cm³/mol. The highest BCUT2D eigenvalue weighted by Gasteiger charge is 2.27. The molecule has 0 spiro atoms. The number of likely N-dealkylation sites (tertiary alicyclic amines) is 1. The van der Waals surface area contributed by atoms with Gasteiger partial charge in [0.1, 0.15) is 11.5 Å². The first kappa shape index (κ1) is 15.1. The lowest BCUT2D eigenvalue weighted by Crippen LogP contribution is -2.33. The molecule has 20 heavy (non-hydrogen) atoms. The summed E-state index contributed by atoms with van der Waals surface area (Å²) >= 11 is 0. The van der Waals surface area contributed by atoms with E-state index in [0.717, 1.165) is 23.6 Å². The second kappa shape index (κ2) is 6.46. The van der Waals surface area contributed by atoms with Gasteiger partial charge in [0, 0.05) is 30.2 Å². The van der Waals surface area contributed by atoms with Crippen molar-refractivity contribution in [3.8, 4) is 11.5 Å². The van der Waals surface area contributed by atoms with Gasteiger partial charge in [-0.05, 0) is 45.5 Å². The summed E-state index contributed by atoms with van der Waals surface area (Å²) in [4.78, 5) is 2.40. The van der Waals surface area contributed by atoms with Crippen LogP contribution in [0.3, 0.4) is 0 Å². The van der Waals surface area contributed by atoms with Crippen LogP contribution >= 0.6 is 0 Å². The standard InChI is InChI=1S/C16H26N2O2/c1-11-8-13(10-18(11)3)17-12(2)15-9-14(19-4)6-7-16(15)20-5/h6-7,9,11-13,17H,8,10H2,1-5H3. The lowest BCUT2D eigenvalue weighted by atomic mass is 10.0. The summed E-state index contributed by atoms with van der Waals surface area (Å²) in [7, 11) is 5.59. The van der Waals surface area contributed by atoms with Crippen LogP contribution in [-0.4, -0.2) is 44.8 Å². The monoisotopic (exact) mass is 278 g/mol. The van der Waals surface area contributed by atoms with Crippen LogP contribution in [0.2, 0.25) is 0 Å². The first-order valence-electron chi connectivity index (χ1n) is 7.23. The average Bonchev–Trinajstić information content (AvgIpc) is 2.76. The van der Waals surface area contributed by atoms with E-state index in [-0.39, 0.29) is 6.04 Å². The van der Waals surface area contributed by atoms with Crippen molar-refractivity contribution in [2.75, 3.05) is 27.8 Å². The highest BCUT2D eigenvalue weighted by molar-refractivity contribution is 5.42. The van der Waals surface area contributed by atoms with E-state index in [0.29, 0.717) is 12.1 Å². The molecule has 0 aliphatic carbocycles. The third kappa shape index (κ3) is 3.25. The molecular formula is C16H26N2O2. The highest BCUT2D eigenvalue weighted by Crippen LogP contribution is 2.30. The van der Waals surface area contributed by atoms with Gasteiger partial charge in [0.2, 0.25) is 0 Å². The topological polar surface area (TPSA) is 33.7 Å². The maximum absolute atomic E-state index is 5.47. The van der Waals surface area contributed by atoms with Crippen LogP contribution in [0.5, 0.6) is 11.5 Å². The fourth-order valence-electron chi connectivity index (χ4n) is 2.94. The Morgan fingerprint density at radius 1 is 1.30 bits per heavy atom. The second-order valence-corrected chi connectivity index (χ2v) is 5.72. The fourth-order valence-corrected chi connectivity index (χ4v) is 2.94. The van der Waals surface area contributed by atoms with E-state index in [4.69, 9.17) is 9.47 Å². The minimum absolute atomic E-state index is 0.240. The Hall–Kier alpha value is -1.26. The number of rotatable bonds is 5. The summed E-state index contributed by atoms with van der Waals surface area (Å²) in [6, 6.07) is 7.37. The summed E-state index contributed by atoms with van der Waals surface area (Å²) in [5, 5.41) is 3.70. The smallest absolute Gasteiger partial charge is 0.123 e. The Kier molecular flexibility index (Phi) is 4.89. The number of nitrogens with one attached hydrogen (secondary N) is 1. The fraction of sp³-hybridized carbons (Fsp3) is 0.625. The minimum Gasteiger partial charge on any atom is -0.497 e. The number of nitrogens with zero attached hydrogens (tertiary/aromatic N) is 1. The van der Waals surface area contributed by atoms with E-state index >= 15 is 0 Å². The molecule has 3 unspecified atom stereocenters. The van der Waals surface area contributed by atoms with Gasteiger partial charge in [0.15, 0.2) is 0 Å². The average molecular weight is 278 g/mol. The molecule has 1 heterocycles. The molecule has 1 aliphatic rings. The molecule has 0 bridgehead atoms. The molecule has 4 heteroatoms. The Morgan fingerprint density at radius 3 is 2.60 bits per heavy atom.